The molecule has 0 spiro atoms. The molecule has 1 aromatic heterocycles. The largest absolute Gasteiger partial charge is 0.495 e. The number of methoxy groups -OCH3 is 1. The lowest BCUT2D eigenvalue weighted by Gasteiger charge is -2.22. The summed E-state index contributed by atoms with van der Waals surface area (Å²) in [4.78, 5) is 0. The van der Waals surface area contributed by atoms with Gasteiger partial charge in [-0.25, -0.2) is 0 Å². The van der Waals surface area contributed by atoms with E-state index in [0.717, 1.165) is 30.7 Å². The van der Waals surface area contributed by atoms with Gasteiger partial charge in [0.15, 0.2) is 0 Å². The third kappa shape index (κ3) is 2.11. The molecule has 1 aromatic carbocycles. The lowest BCUT2D eigenvalue weighted by Crippen LogP contribution is -2.18. The van der Waals surface area contributed by atoms with Gasteiger partial charge in [0.1, 0.15) is 5.75 Å². The van der Waals surface area contributed by atoms with Crippen molar-refractivity contribution in [3.05, 3.63) is 46.2 Å². The summed E-state index contributed by atoms with van der Waals surface area (Å²) in [7, 11) is 1.68. The molecule has 3 rings (SSSR count). The monoisotopic (exact) mass is 290 g/mol. The van der Waals surface area contributed by atoms with E-state index in [4.69, 9.17) is 22.1 Å². The normalized spacial score (nSPS) is 17.9. The maximum Gasteiger partial charge on any atom is 0.142 e. The van der Waals surface area contributed by atoms with Crippen LogP contribution in [0.1, 0.15) is 35.8 Å². The van der Waals surface area contributed by atoms with Crippen LogP contribution < -0.4 is 10.5 Å². The van der Waals surface area contributed by atoms with E-state index in [1.54, 1.807) is 7.11 Å². The molecule has 0 radical (unpaired) electrons. The Morgan fingerprint density at radius 1 is 1.35 bits per heavy atom. The second kappa shape index (κ2) is 5.15. The van der Waals surface area contributed by atoms with Gasteiger partial charge in [0.25, 0.3) is 0 Å². The first-order chi connectivity index (χ1) is 9.61. The fourth-order valence-corrected chi connectivity index (χ4v) is 3.28. The first-order valence-electron chi connectivity index (χ1n) is 6.92. The summed E-state index contributed by atoms with van der Waals surface area (Å²) in [6.45, 7) is 2.10. The minimum atomic E-state index is 0.142. The molecule has 3 nitrogen and oxygen atoms in total. The van der Waals surface area contributed by atoms with Crippen LogP contribution >= 0.6 is 11.6 Å². The highest BCUT2D eigenvalue weighted by Crippen LogP contribution is 2.36. The van der Waals surface area contributed by atoms with Gasteiger partial charge in [-0.3, -0.25) is 0 Å². The number of fused-ring (bicyclic) bond motifs is 1. The Morgan fingerprint density at radius 2 is 2.15 bits per heavy atom. The lowest BCUT2D eigenvalue weighted by molar-refractivity contribution is 0.412. The van der Waals surface area contributed by atoms with Crippen LogP contribution in [-0.2, 0) is 6.42 Å². The molecule has 0 bridgehead atoms. The number of rotatable bonds is 2. The van der Waals surface area contributed by atoms with Crippen LogP contribution in [0, 0.1) is 6.92 Å². The maximum absolute atomic E-state index is 6.24. The summed E-state index contributed by atoms with van der Waals surface area (Å²) in [6, 6.07) is 8.05. The summed E-state index contributed by atoms with van der Waals surface area (Å²) >= 11 is 6.16. The minimum absolute atomic E-state index is 0.142. The molecule has 1 unspecified atom stereocenters. The first-order valence-corrected chi connectivity index (χ1v) is 7.30. The molecule has 0 aliphatic heterocycles. The summed E-state index contributed by atoms with van der Waals surface area (Å²) in [5.74, 6) is 0.829. The average molecular weight is 291 g/mol. The van der Waals surface area contributed by atoms with E-state index in [2.05, 4.69) is 17.6 Å². The Morgan fingerprint density at radius 3 is 2.90 bits per heavy atom. The molecular weight excluding hydrogens is 272 g/mol. The van der Waals surface area contributed by atoms with E-state index in [1.807, 2.05) is 18.2 Å². The molecule has 2 N–H and O–H groups in total. The van der Waals surface area contributed by atoms with Crippen molar-refractivity contribution in [2.24, 2.45) is 5.73 Å². The van der Waals surface area contributed by atoms with Crippen molar-refractivity contribution in [2.75, 3.05) is 7.11 Å². The molecule has 0 saturated carbocycles. The Hall–Kier alpha value is -1.45. The molecule has 106 valence electrons. The minimum Gasteiger partial charge on any atom is -0.495 e. The van der Waals surface area contributed by atoms with Gasteiger partial charge in [0, 0.05) is 22.5 Å². The van der Waals surface area contributed by atoms with Crippen molar-refractivity contribution >= 4 is 11.6 Å². The van der Waals surface area contributed by atoms with Crippen molar-refractivity contribution < 1.29 is 4.74 Å². The highest BCUT2D eigenvalue weighted by Gasteiger charge is 2.24. The average Bonchev–Trinajstić information content (AvgIpc) is 2.76. The second-order valence-corrected chi connectivity index (χ2v) is 5.77. The summed E-state index contributed by atoms with van der Waals surface area (Å²) in [6.07, 6.45) is 3.23. The van der Waals surface area contributed by atoms with Gasteiger partial charge < -0.3 is 15.0 Å². The highest BCUT2D eigenvalue weighted by molar-refractivity contribution is 6.30. The number of hydrogen-bond donors (Lipinski definition) is 1. The van der Waals surface area contributed by atoms with E-state index < -0.39 is 0 Å². The Bertz CT molecular complexity index is 648. The molecule has 4 heteroatoms. The molecule has 20 heavy (non-hydrogen) atoms. The summed E-state index contributed by atoms with van der Waals surface area (Å²) in [5, 5.41) is 0.711. The van der Waals surface area contributed by atoms with Crippen LogP contribution in [0.2, 0.25) is 5.02 Å². The predicted octanol–water partition coefficient (Wildman–Crippen LogP) is 3.78. The molecule has 1 aliphatic carbocycles. The number of nitrogens with two attached hydrogens (primary N) is 1. The van der Waals surface area contributed by atoms with Crippen LogP contribution in [0.25, 0.3) is 5.69 Å². The first kappa shape index (κ1) is 13.5. The fourth-order valence-electron chi connectivity index (χ4n) is 3.11. The predicted molar refractivity (Wildman–Crippen MR) is 81.9 cm³/mol. The van der Waals surface area contributed by atoms with Crippen molar-refractivity contribution in [2.45, 2.75) is 32.2 Å². The molecular formula is C16H19ClN2O. The maximum atomic E-state index is 6.24. The lowest BCUT2D eigenvalue weighted by atomic mass is 9.93. The Balaban J connectivity index is 2.23. The molecule has 0 saturated heterocycles. The van der Waals surface area contributed by atoms with Crippen molar-refractivity contribution in [3.63, 3.8) is 0 Å². The number of halogens is 1. The fraction of sp³-hybridized carbons (Fsp3) is 0.375. The van der Waals surface area contributed by atoms with Gasteiger partial charge in [-0.05, 0) is 56.0 Å². The topological polar surface area (TPSA) is 40.2 Å². The zero-order valence-electron chi connectivity index (χ0n) is 11.8. The number of nitrogens with zero attached hydrogens (tertiary/aromatic N) is 1. The van der Waals surface area contributed by atoms with Crippen molar-refractivity contribution in [1.82, 2.24) is 4.57 Å². The van der Waals surface area contributed by atoms with Crippen LogP contribution in [0.5, 0.6) is 5.75 Å². The zero-order valence-corrected chi connectivity index (χ0v) is 12.6. The molecule has 2 aromatic rings. The quantitative estimate of drug-likeness (QED) is 0.914. The van der Waals surface area contributed by atoms with E-state index >= 15 is 0 Å². The van der Waals surface area contributed by atoms with Gasteiger partial charge >= 0.3 is 0 Å². The van der Waals surface area contributed by atoms with Crippen LogP contribution in [0.3, 0.4) is 0 Å². The van der Waals surface area contributed by atoms with Crippen LogP contribution in [0.4, 0.5) is 0 Å². The third-order valence-corrected chi connectivity index (χ3v) is 4.27. The molecule has 1 heterocycles. The van der Waals surface area contributed by atoms with Crippen LogP contribution in [0.15, 0.2) is 24.3 Å². The second-order valence-electron chi connectivity index (χ2n) is 5.34. The van der Waals surface area contributed by atoms with E-state index in [0.29, 0.717) is 5.02 Å². The SMILES string of the molecule is COc1ccc(Cl)cc1-n1c(C)cc2c1CCCC2N. The summed E-state index contributed by atoms with van der Waals surface area (Å²) < 4.78 is 7.72. The third-order valence-electron chi connectivity index (χ3n) is 4.03. The van der Waals surface area contributed by atoms with Gasteiger partial charge in [0.2, 0.25) is 0 Å². The van der Waals surface area contributed by atoms with Gasteiger partial charge in [-0.1, -0.05) is 11.6 Å². The highest BCUT2D eigenvalue weighted by atomic mass is 35.5. The number of benzene rings is 1. The molecule has 1 atom stereocenters. The molecule has 1 aliphatic rings. The van der Waals surface area contributed by atoms with Gasteiger partial charge in [0.05, 0.1) is 12.8 Å². The smallest absolute Gasteiger partial charge is 0.142 e. The number of ether oxygens (including phenoxy) is 1. The van der Waals surface area contributed by atoms with Gasteiger partial charge in [-0.2, -0.15) is 0 Å². The summed E-state index contributed by atoms with van der Waals surface area (Å²) in [5.41, 5.74) is 11.0. The van der Waals surface area contributed by atoms with Crippen LogP contribution in [-0.4, -0.2) is 11.7 Å². The van der Waals surface area contributed by atoms with E-state index in [1.165, 1.54) is 17.0 Å². The van der Waals surface area contributed by atoms with Crippen molar-refractivity contribution in [3.8, 4) is 11.4 Å². The Kier molecular flexibility index (Phi) is 3.48. The van der Waals surface area contributed by atoms with Gasteiger partial charge in [-0.15, -0.1) is 0 Å². The van der Waals surface area contributed by atoms with E-state index in [9.17, 15) is 0 Å². The number of aromatic nitrogens is 1. The standard InChI is InChI=1S/C16H19ClN2O/c1-10-8-12-13(18)4-3-5-14(12)19(10)15-9-11(17)6-7-16(15)20-2/h6-9,13H,3-5,18H2,1-2H3. The van der Waals surface area contributed by atoms with E-state index in [-0.39, 0.29) is 6.04 Å². The molecule has 0 fully saturated rings. The molecule has 0 amide bonds. The van der Waals surface area contributed by atoms with Crippen molar-refractivity contribution in [1.29, 1.82) is 0 Å². The number of aryl methyl sites for hydroxylation is 1. The zero-order chi connectivity index (χ0) is 14.3. The Labute approximate surface area is 124 Å². The number of hydrogen-bond acceptors (Lipinski definition) is 2.